The van der Waals surface area contributed by atoms with Crippen molar-refractivity contribution in [2.45, 2.75) is 18.7 Å². The molecule has 4 nitrogen and oxygen atoms in total. The predicted molar refractivity (Wildman–Crippen MR) is 67.7 cm³/mol. The van der Waals surface area contributed by atoms with Crippen LogP contribution in [-0.4, -0.2) is 22.8 Å². The number of nitrogens with zero attached hydrogens (tertiary/aromatic N) is 2. The lowest BCUT2D eigenvalue weighted by Gasteiger charge is -2.17. The smallest absolute Gasteiger partial charge is 0.229 e. The van der Waals surface area contributed by atoms with Crippen molar-refractivity contribution < 1.29 is 4.79 Å². The van der Waals surface area contributed by atoms with Crippen LogP contribution in [0.3, 0.4) is 0 Å². The van der Waals surface area contributed by atoms with Gasteiger partial charge in [-0.3, -0.25) is 9.69 Å². The summed E-state index contributed by atoms with van der Waals surface area (Å²) in [5.41, 5.74) is 7.13. The standard InChI is InChI=1S/C10H11BrClN3O/c1-5-7(11)3-8(13)10(14-5)15-4-6(12)2-9(15)16/h3,6H,2,4,13H2,1H3. The molecule has 2 rings (SSSR count). The van der Waals surface area contributed by atoms with E-state index >= 15 is 0 Å². The lowest BCUT2D eigenvalue weighted by atomic mass is 10.3. The largest absolute Gasteiger partial charge is 0.396 e. The third-order valence-electron chi connectivity index (χ3n) is 2.49. The first-order chi connectivity index (χ1) is 7.49. The number of amides is 1. The van der Waals surface area contributed by atoms with E-state index < -0.39 is 0 Å². The summed E-state index contributed by atoms with van der Waals surface area (Å²) in [4.78, 5) is 17.5. The third kappa shape index (κ3) is 2.01. The number of hydrogen-bond acceptors (Lipinski definition) is 3. The van der Waals surface area contributed by atoms with Crippen molar-refractivity contribution in [2.24, 2.45) is 0 Å². The Labute approximate surface area is 107 Å². The van der Waals surface area contributed by atoms with Gasteiger partial charge in [0.2, 0.25) is 5.91 Å². The van der Waals surface area contributed by atoms with Crippen LogP contribution in [0.1, 0.15) is 12.1 Å². The van der Waals surface area contributed by atoms with E-state index in [1.54, 1.807) is 11.0 Å². The molecule has 1 atom stereocenters. The zero-order valence-electron chi connectivity index (χ0n) is 8.70. The minimum atomic E-state index is -0.155. The second-order valence-corrected chi connectivity index (χ2v) is 5.25. The normalized spacial score (nSPS) is 20.6. The number of pyridine rings is 1. The molecule has 2 heterocycles. The van der Waals surface area contributed by atoms with Crippen LogP contribution in [0.5, 0.6) is 0 Å². The maximum Gasteiger partial charge on any atom is 0.229 e. The van der Waals surface area contributed by atoms with E-state index in [9.17, 15) is 4.79 Å². The molecule has 1 aromatic rings. The first-order valence-electron chi connectivity index (χ1n) is 4.86. The summed E-state index contributed by atoms with van der Waals surface area (Å²) < 4.78 is 0.836. The summed E-state index contributed by atoms with van der Waals surface area (Å²) in [6, 6.07) is 1.76. The van der Waals surface area contributed by atoms with E-state index in [1.807, 2.05) is 6.92 Å². The highest BCUT2D eigenvalue weighted by molar-refractivity contribution is 9.10. The Morgan fingerprint density at radius 1 is 1.69 bits per heavy atom. The fourth-order valence-electron chi connectivity index (χ4n) is 1.67. The summed E-state index contributed by atoms with van der Waals surface area (Å²) in [5, 5.41) is -0.155. The number of carbonyl (C=O) groups excluding carboxylic acids is 1. The Morgan fingerprint density at radius 3 is 2.94 bits per heavy atom. The lowest BCUT2D eigenvalue weighted by Crippen LogP contribution is -2.26. The highest BCUT2D eigenvalue weighted by Crippen LogP contribution is 2.30. The number of nitrogen functional groups attached to an aromatic ring is 1. The number of halogens is 2. The average Bonchev–Trinajstić information content (AvgIpc) is 2.51. The van der Waals surface area contributed by atoms with Gasteiger partial charge in [-0.05, 0) is 28.9 Å². The third-order valence-corrected chi connectivity index (χ3v) is 3.59. The summed E-state index contributed by atoms with van der Waals surface area (Å²) in [6.07, 6.45) is 0.345. The Morgan fingerprint density at radius 2 is 2.38 bits per heavy atom. The molecule has 1 saturated heterocycles. The monoisotopic (exact) mass is 303 g/mol. The zero-order valence-corrected chi connectivity index (χ0v) is 11.0. The first kappa shape index (κ1) is 11.7. The maximum atomic E-state index is 11.7. The van der Waals surface area contributed by atoms with Crippen molar-refractivity contribution in [2.75, 3.05) is 17.2 Å². The highest BCUT2D eigenvalue weighted by Gasteiger charge is 2.31. The molecular weight excluding hydrogens is 293 g/mol. The minimum Gasteiger partial charge on any atom is -0.396 e. The molecule has 0 spiro atoms. The van der Waals surface area contributed by atoms with Gasteiger partial charge in [-0.2, -0.15) is 0 Å². The van der Waals surface area contributed by atoms with E-state index in [2.05, 4.69) is 20.9 Å². The molecule has 1 aromatic heterocycles. The SMILES string of the molecule is Cc1nc(N2CC(Cl)CC2=O)c(N)cc1Br. The van der Waals surface area contributed by atoms with Gasteiger partial charge in [0.25, 0.3) is 0 Å². The van der Waals surface area contributed by atoms with Crippen LogP contribution in [0.2, 0.25) is 0 Å². The van der Waals surface area contributed by atoms with Crippen molar-refractivity contribution in [1.29, 1.82) is 0 Å². The Kier molecular flexibility index (Phi) is 3.08. The quantitative estimate of drug-likeness (QED) is 0.808. The highest BCUT2D eigenvalue weighted by atomic mass is 79.9. The molecule has 1 aliphatic heterocycles. The number of hydrogen-bond donors (Lipinski definition) is 1. The van der Waals surface area contributed by atoms with Crippen molar-refractivity contribution in [3.63, 3.8) is 0 Å². The molecule has 0 aliphatic carbocycles. The second kappa shape index (κ2) is 4.22. The van der Waals surface area contributed by atoms with Gasteiger partial charge in [-0.25, -0.2) is 4.98 Å². The van der Waals surface area contributed by atoms with Gasteiger partial charge in [-0.15, -0.1) is 11.6 Å². The lowest BCUT2D eigenvalue weighted by molar-refractivity contribution is -0.117. The van der Waals surface area contributed by atoms with Gasteiger partial charge in [-0.1, -0.05) is 0 Å². The van der Waals surface area contributed by atoms with Crippen LogP contribution in [-0.2, 0) is 4.79 Å². The topological polar surface area (TPSA) is 59.2 Å². The van der Waals surface area contributed by atoms with E-state index in [0.717, 1.165) is 10.2 Å². The molecule has 2 N–H and O–H groups in total. The summed E-state index contributed by atoms with van der Waals surface area (Å²) in [5.74, 6) is 0.481. The van der Waals surface area contributed by atoms with Crippen LogP contribution >= 0.6 is 27.5 Å². The Bertz CT molecular complexity index is 452. The molecule has 1 aliphatic rings. The molecule has 1 fully saturated rings. The molecule has 6 heteroatoms. The zero-order chi connectivity index (χ0) is 11.9. The predicted octanol–water partition coefficient (Wildman–Crippen LogP) is 2.08. The van der Waals surface area contributed by atoms with Gasteiger partial charge in [0, 0.05) is 17.4 Å². The van der Waals surface area contributed by atoms with E-state index in [-0.39, 0.29) is 11.3 Å². The molecule has 1 unspecified atom stereocenters. The number of carbonyl (C=O) groups is 1. The van der Waals surface area contributed by atoms with Gasteiger partial charge in [0.1, 0.15) is 0 Å². The van der Waals surface area contributed by atoms with Crippen LogP contribution in [0.25, 0.3) is 0 Å². The molecule has 0 saturated carbocycles. The molecule has 1 amide bonds. The van der Waals surface area contributed by atoms with E-state index in [1.165, 1.54) is 0 Å². The molecule has 0 radical (unpaired) electrons. The molecule has 0 aromatic carbocycles. The Hall–Kier alpha value is -0.810. The van der Waals surface area contributed by atoms with Gasteiger partial charge in [0.05, 0.1) is 16.8 Å². The van der Waals surface area contributed by atoms with Crippen molar-refractivity contribution in [3.05, 3.63) is 16.2 Å². The number of aryl methyl sites for hydroxylation is 1. The van der Waals surface area contributed by atoms with Crippen LogP contribution < -0.4 is 10.6 Å². The molecule has 86 valence electrons. The van der Waals surface area contributed by atoms with Gasteiger partial charge in [0.15, 0.2) is 5.82 Å². The van der Waals surface area contributed by atoms with Crippen molar-refractivity contribution in [3.8, 4) is 0 Å². The first-order valence-corrected chi connectivity index (χ1v) is 6.09. The van der Waals surface area contributed by atoms with Crippen molar-refractivity contribution >= 4 is 44.9 Å². The Balaban J connectivity index is 2.41. The van der Waals surface area contributed by atoms with E-state index in [0.29, 0.717) is 24.5 Å². The molecule has 16 heavy (non-hydrogen) atoms. The summed E-state index contributed by atoms with van der Waals surface area (Å²) >= 11 is 9.28. The molecule has 0 bridgehead atoms. The fraction of sp³-hybridized carbons (Fsp3) is 0.400. The van der Waals surface area contributed by atoms with Crippen LogP contribution in [0.4, 0.5) is 11.5 Å². The fourth-order valence-corrected chi connectivity index (χ4v) is 2.27. The molecular formula is C10H11BrClN3O. The van der Waals surface area contributed by atoms with Crippen molar-refractivity contribution in [1.82, 2.24) is 4.98 Å². The number of alkyl halides is 1. The number of nitrogens with two attached hydrogens (primary N) is 1. The minimum absolute atomic E-state index is 0.0269. The number of anilines is 2. The number of aromatic nitrogens is 1. The van der Waals surface area contributed by atoms with Gasteiger partial charge < -0.3 is 5.73 Å². The van der Waals surface area contributed by atoms with E-state index in [4.69, 9.17) is 17.3 Å². The second-order valence-electron chi connectivity index (χ2n) is 3.77. The average molecular weight is 305 g/mol. The van der Waals surface area contributed by atoms with Gasteiger partial charge >= 0.3 is 0 Å². The summed E-state index contributed by atoms with van der Waals surface area (Å²) in [7, 11) is 0. The number of rotatable bonds is 1. The van der Waals surface area contributed by atoms with Crippen LogP contribution in [0.15, 0.2) is 10.5 Å². The maximum absolute atomic E-state index is 11.7. The van der Waals surface area contributed by atoms with Crippen LogP contribution in [0, 0.1) is 6.92 Å². The summed E-state index contributed by atoms with van der Waals surface area (Å²) in [6.45, 7) is 2.32.